The molecule has 20 heavy (non-hydrogen) atoms. The molecule has 0 unspecified atom stereocenters. The molecule has 0 aromatic carbocycles. The van der Waals surface area contributed by atoms with Crippen LogP contribution >= 0.6 is 0 Å². The standard InChI is InChI=1S/C14H24N4O2/c1-15-13(19)4-7-14(20-2)6-3-9-18(11-14)10-12-5-8-16-17-12/h5,8H,3-4,6-7,9-11H2,1-2H3,(H,15,19)(H,16,17)/t14-/m0/s1. The van der Waals surface area contributed by atoms with E-state index in [0.717, 1.165) is 44.6 Å². The normalized spacial score (nSPS) is 23.7. The van der Waals surface area contributed by atoms with Crippen LogP contribution in [0.1, 0.15) is 31.4 Å². The molecule has 2 heterocycles. The van der Waals surface area contributed by atoms with Gasteiger partial charge in [-0.05, 0) is 31.9 Å². The van der Waals surface area contributed by atoms with Crippen LogP contribution in [0.3, 0.4) is 0 Å². The van der Waals surface area contributed by atoms with E-state index >= 15 is 0 Å². The first-order chi connectivity index (χ1) is 9.67. The Morgan fingerprint density at radius 3 is 3.15 bits per heavy atom. The van der Waals surface area contributed by atoms with Crippen molar-refractivity contribution in [1.29, 1.82) is 0 Å². The number of carbonyl (C=O) groups excluding carboxylic acids is 1. The van der Waals surface area contributed by atoms with E-state index in [4.69, 9.17) is 4.74 Å². The second-order valence-corrected chi connectivity index (χ2v) is 5.46. The largest absolute Gasteiger partial charge is 0.377 e. The number of carbonyl (C=O) groups is 1. The smallest absolute Gasteiger partial charge is 0.219 e. The Morgan fingerprint density at radius 1 is 1.65 bits per heavy atom. The predicted molar refractivity (Wildman–Crippen MR) is 76.1 cm³/mol. The molecule has 6 heteroatoms. The van der Waals surface area contributed by atoms with Gasteiger partial charge in [0.05, 0.1) is 5.60 Å². The molecule has 1 fully saturated rings. The van der Waals surface area contributed by atoms with E-state index < -0.39 is 0 Å². The number of nitrogens with one attached hydrogen (secondary N) is 2. The molecule has 2 N–H and O–H groups in total. The van der Waals surface area contributed by atoms with Crippen LogP contribution in [0.25, 0.3) is 0 Å². The molecule has 0 saturated carbocycles. The molecule has 1 aliphatic heterocycles. The second-order valence-electron chi connectivity index (χ2n) is 5.46. The SMILES string of the molecule is CNC(=O)CC[C@@]1(OC)CCCN(Cc2ccn[nH]2)C1. The summed E-state index contributed by atoms with van der Waals surface area (Å²) >= 11 is 0. The molecule has 0 radical (unpaired) electrons. The summed E-state index contributed by atoms with van der Waals surface area (Å²) in [7, 11) is 3.43. The first-order valence-corrected chi connectivity index (χ1v) is 7.14. The van der Waals surface area contributed by atoms with Gasteiger partial charge in [0, 0.05) is 45.6 Å². The van der Waals surface area contributed by atoms with Crippen molar-refractivity contribution in [3.63, 3.8) is 0 Å². The Hall–Kier alpha value is -1.40. The van der Waals surface area contributed by atoms with Gasteiger partial charge < -0.3 is 10.1 Å². The highest BCUT2D eigenvalue weighted by Gasteiger charge is 2.35. The summed E-state index contributed by atoms with van der Waals surface area (Å²) in [5.74, 6) is 0.0760. The Bertz CT molecular complexity index is 421. The lowest BCUT2D eigenvalue weighted by atomic mass is 9.87. The van der Waals surface area contributed by atoms with Gasteiger partial charge in [0.15, 0.2) is 0 Å². The van der Waals surface area contributed by atoms with Crippen molar-refractivity contribution in [2.24, 2.45) is 0 Å². The van der Waals surface area contributed by atoms with Gasteiger partial charge in [-0.2, -0.15) is 5.10 Å². The summed E-state index contributed by atoms with van der Waals surface area (Å²) < 4.78 is 5.78. The quantitative estimate of drug-likeness (QED) is 0.813. The molecule has 1 aromatic heterocycles. The van der Waals surface area contributed by atoms with Crippen molar-refractivity contribution < 1.29 is 9.53 Å². The first-order valence-electron chi connectivity index (χ1n) is 7.14. The maximum Gasteiger partial charge on any atom is 0.219 e. The first kappa shape index (κ1) is 15.0. The molecule has 1 amide bonds. The predicted octanol–water partition coefficient (Wildman–Crippen LogP) is 0.917. The molecule has 0 aliphatic carbocycles. The van der Waals surface area contributed by atoms with Crippen LogP contribution in [-0.4, -0.2) is 53.9 Å². The molecule has 2 rings (SSSR count). The number of amides is 1. The highest BCUT2D eigenvalue weighted by molar-refractivity contribution is 5.75. The zero-order chi connectivity index (χ0) is 14.4. The molecule has 112 valence electrons. The minimum Gasteiger partial charge on any atom is -0.377 e. The average Bonchev–Trinajstić information content (AvgIpc) is 2.98. The minimum atomic E-state index is -0.204. The lowest BCUT2D eigenvalue weighted by molar-refractivity contribution is -0.124. The Balaban J connectivity index is 1.93. The van der Waals surface area contributed by atoms with Gasteiger partial charge in [-0.1, -0.05) is 0 Å². The fourth-order valence-electron chi connectivity index (χ4n) is 2.88. The third-order valence-electron chi connectivity index (χ3n) is 4.09. The molecule has 6 nitrogen and oxygen atoms in total. The van der Waals surface area contributed by atoms with E-state index in [1.165, 1.54) is 0 Å². The summed E-state index contributed by atoms with van der Waals surface area (Å²) in [6.07, 6.45) is 5.16. The molecule has 1 aromatic rings. The number of nitrogens with zero attached hydrogens (tertiary/aromatic N) is 2. The number of aromatic amines is 1. The second kappa shape index (κ2) is 6.85. The molecule has 0 bridgehead atoms. The van der Waals surface area contributed by atoms with Crippen LogP contribution in [-0.2, 0) is 16.1 Å². The lowest BCUT2D eigenvalue weighted by Gasteiger charge is -2.41. The van der Waals surface area contributed by atoms with Gasteiger partial charge >= 0.3 is 0 Å². The summed E-state index contributed by atoms with van der Waals surface area (Å²) in [5, 5.41) is 9.64. The fourth-order valence-corrected chi connectivity index (χ4v) is 2.88. The van der Waals surface area contributed by atoms with E-state index in [2.05, 4.69) is 20.4 Å². The Morgan fingerprint density at radius 2 is 2.50 bits per heavy atom. The molecule has 1 atom stereocenters. The van der Waals surface area contributed by atoms with Crippen LogP contribution in [0.2, 0.25) is 0 Å². The third kappa shape index (κ3) is 3.80. The zero-order valence-electron chi connectivity index (χ0n) is 12.3. The average molecular weight is 280 g/mol. The maximum absolute atomic E-state index is 11.5. The summed E-state index contributed by atoms with van der Waals surface area (Å²) in [6.45, 7) is 2.77. The number of H-pyrrole nitrogens is 1. The molecule has 1 saturated heterocycles. The number of likely N-dealkylation sites (tertiary alicyclic amines) is 1. The lowest BCUT2D eigenvalue weighted by Crippen LogP contribution is -2.49. The molecular formula is C14H24N4O2. The fraction of sp³-hybridized carbons (Fsp3) is 0.714. The maximum atomic E-state index is 11.5. The number of ether oxygens (including phenoxy) is 1. The van der Waals surface area contributed by atoms with Gasteiger partial charge in [0.2, 0.25) is 5.91 Å². The molecule has 1 aliphatic rings. The van der Waals surface area contributed by atoms with Crippen molar-refractivity contribution in [1.82, 2.24) is 20.4 Å². The van der Waals surface area contributed by atoms with Crippen molar-refractivity contribution in [3.8, 4) is 0 Å². The number of hydrogen-bond acceptors (Lipinski definition) is 4. The summed E-state index contributed by atoms with van der Waals surface area (Å²) in [4.78, 5) is 13.8. The number of rotatable bonds is 6. The van der Waals surface area contributed by atoms with Crippen LogP contribution < -0.4 is 5.32 Å². The van der Waals surface area contributed by atoms with Crippen LogP contribution in [0.15, 0.2) is 12.3 Å². The number of methoxy groups -OCH3 is 1. The van der Waals surface area contributed by atoms with E-state index in [1.54, 1.807) is 20.4 Å². The van der Waals surface area contributed by atoms with Crippen molar-refractivity contribution in [2.75, 3.05) is 27.2 Å². The van der Waals surface area contributed by atoms with Crippen LogP contribution in [0, 0.1) is 0 Å². The Kier molecular flexibility index (Phi) is 5.14. The van der Waals surface area contributed by atoms with Gasteiger partial charge in [-0.3, -0.25) is 14.8 Å². The van der Waals surface area contributed by atoms with E-state index in [-0.39, 0.29) is 11.5 Å². The van der Waals surface area contributed by atoms with E-state index in [0.29, 0.717) is 6.42 Å². The van der Waals surface area contributed by atoms with Gasteiger partial charge in [0.25, 0.3) is 0 Å². The number of aromatic nitrogens is 2. The van der Waals surface area contributed by atoms with Crippen molar-refractivity contribution in [2.45, 2.75) is 37.8 Å². The van der Waals surface area contributed by atoms with E-state index in [9.17, 15) is 4.79 Å². The summed E-state index contributed by atoms with van der Waals surface area (Å²) in [5.41, 5.74) is 0.910. The summed E-state index contributed by atoms with van der Waals surface area (Å²) in [6, 6.07) is 1.99. The topological polar surface area (TPSA) is 70.2 Å². The van der Waals surface area contributed by atoms with Gasteiger partial charge in [-0.15, -0.1) is 0 Å². The van der Waals surface area contributed by atoms with Crippen LogP contribution in [0.4, 0.5) is 0 Å². The molecular weight excluding hydrogens is 256 g/mol. The number of hydrogen-bond donors (Lipinski definition) is 2. The Labute approximate surface area is 119 Å². The van der Waals surface area contributed by atoms with Crippen molar-refractivity contribution in [3.05, 3.63) is 18.0 Å². The van der Waals surface area contributed by atoms with Gasteiger partial charge in [0.1, 0.15) is 0 Å². The molecule has 0 spiro atoms. The highest BCUT2D eigenvalue weighted by atomic mass is 16.5. The monoisotopic (exact) mass is 280 g/mol. The van der Waals surface area contributed by atoms with Crippen molar-refractivity contribution >= 4 is 5.91 Å². The van der Waals surface area contributed by atoms with E-state index in [1.807, 2.05) is 6.07 Å². The van der Waals surface area contributed by atoms with Crippen LogP contribution in [0.5, 0.6) is 0 Å². The highest BCUT2D eigenvalue weighted by Crippen LogP contribution is 2.29. The minimum absolute atomic E-state index is 0.0760. The zero-order valence-corrected chi connectivity index (χ0v) is 12.3. The number of piperidine rings is 1. The van der Waals surface area contributed by atoms with Gasteiger partial charge in [-0.25, -0.2) is 0 Å². The third-order valence-corrected chi connectivity index (χ3v) is 4.09.